The van der Waals surface area contributed by atoms with Gasteiger partial charge < -0.3 is 4.90 Å². The number of halogens is 1. The molecule has 1 amide bonds. The first kappa shape index (κ1) is 20.7. The maximum atomic E-state index is 14.4. The molecule has 0 saturated heterocycles. The summed E-state index contributed by atoms with van der Waals surface area (Å²) in [4.78, 5) is 41.2. The highest BCUT2D eigenvalue weighted by Gasteiger charge is 2.36. The number of pyridine rings is 1. The zero-order chi connectivity index (χ0) is 22.3. The van der Waals surface area contributed by atoms with E-state index in [-0.39, 0.29) is 22.4 Å². The van der Waals surface area contributed by atoms with Crippen molar-refractivity contribution in [3.63, 3.8) is 0 Å². The first-order chi connectivity index (χ1) is 14.7. The lowest BCUT2D eigenvalue weighted by atomic mass is 9.73. The Hall–Kier alpha value is -3.54. The smallest absolute Gasteiger partial charge is 0.268 e. The van der Waals surface area contributed by atoms with E-state index in [1.807, 2.05) is 19.9 Å². The van der Waals surface area contributed by atoms with E-state index in [9.17, 15) is 18.8 Å². The van der Waals surface area contributed by atoms with Gasteiger partial charge in [-0.05, 0) is 41.7 Å². The number of hydrogen-bond acceptors (Lipinski definition) is 3. The predicted molar refractivity (Wildman–Crippen MR) is 118 cm³/mol. The Morgan fingerprint density at radius 3 is 2.32 bits per heavy atom. The number of fused-ring (bicyclic) bond motifs is 1. The lowest BCUT2D eigenvalue weighted by molar-refractivity contribution is 0.0910. The van der Waals surface area contributed by atoms with E-state index >= 15 is 0 Å². The van der Waals surface area contributed by atoms with Crippen molar-refractivity contribution in [2.75, 3.05) is 11.9 Å². The number of benzene rings is 2. The van der Waals surface area contributed by atoms with Crippen molar-refractivity contribution in [1.82, 2.24) is 4.57 Å². The molecule has 158 valence electrons. The summed E-state index contributed by atoms with van der Waals surface area (Å²) in [6, 6.07) is 14.7. The normalized spacial score (nSPS) is 14.8. The summed E-state index contributed by atoms with van der Waals surface area (Å²) in [6.45, 7) is 3.87. The summed E-state index contributed by atoms with van der Waals surface area (Å²) in [5.74, 6) is -1.32. The first-order valence-electron chi connectivity index (χ1n) is 10.1. The van der Waals surface area contributed by atoms with Crippen LogP contribution in [0.2, 0.25) is 0 Å². The fourth-order valence-corrected chi connectivity index (χ4v) is 4.15. The molecule has 3 aromatic rings. The van der Waals surface area contributed by atoms with E-state index in [0.717, 1.165) is 4.90 Å². The van der Waals surface area contributed by atoms with Gasteiger partial charge in [-0.1, -0.05) is 44.2 Å². The molecule has 1 heterocycles. The number of para-hydroxylation sites is 2. The van der Waals surface area contributed by atoms with Crippen LogP contribution in [0, 0.1) is 11.2 Å². The second-order valence-electron chi connectivity index (χ2n) is 8.66. The second kappa shape index (κ2) is 7.61. The summed E-state index contributed by atoms with van der Waals surface area (Å²) in [6.07, 6.45) is 2.26. The molecular formula is C25H23FN2O3. The van der Waals surface area contributed by atoms with Gasteiger partial charge in [0, 0.05) is 30.9 Å². The van der Waals surface area contributed by atoms with Crippen LogP contribution in [0.5, 0.6) is 0 Å². The van der Waals surface area contributed by atoms with Crippen LogP contribution in [0.15, 0.2) is 65.6 Å². The van der Waals surface area contributed by atoms with Gasteiger partial charge in [0.25, 0.3) is 11.5 Å². The van der Waals surface area contributed by atoms with Crippen LogP contribution >= 0.6 is 0 Å². The van der Waals surface area contributed by atoms with Crippen LogP contribution in [0.25, 0.3) is 5.69 Å². The first-order valence-corrected chi connectivity index (χ1v) is 10.1. The van der Waals surface area contributed by atoms with E-state index in [1.54, 1.807) is 30.3 Å². The summed E-state index contributed by atoms with van der Waals surface area (Å²) in [5.41, 5.74) is 0.422. The fourth-order valence-electron chi connectivity index (χ4n) is 4.15. The van der Waals surface area contributed by atoms with Gasteiger partial charge in [-0.15, -0.1) is 0 Å². The third-order valence-electron chi connectivity index (χ3n) is 5.68. The number of hydrogen-bond donors (Lipinski definition) is 0. The topological polar surface area (TPSA) is 59.4 Å². The van der Waals surface area contributed by atoms with Gasteiger partial charge in [0.15, 0.2) is 5.78 Å². The van der Waals surface area contributed by atoms with Gasteiger partial charge in [-0.25, -0.2) is 4.39 Å². The van der Waals surface area contributed by atoms with Crippen molar-refractivity contribution in [1.29, 1.82) is 0 Å². The molecule has 0 saturated carbocycles. The van der Waals surface area contributed by atoms with E-state index in [2.05, 4.69) is 0 Å². The Morgan fingerprint density at radius 1 is 1.00 bits per heavy atom. The quantitative estimate of drug-likeness (QED) is 0.633. The highest BCUT2D eigenvalue weighted by Crippen LogP contribution is 2.36. The summed E-state index contributed by atoms with van der Waals surface area (Å²) < 4.78 is 15.7. The number of rotatable bonds is 3. The molecule has 1 aliphatic rings. The molecule has 0 N–H and O–H groups in total. The molecular weight excluding hydrogens is 395 g/mol. The van der Waals surface area contributed by atoms with Crippen molar-refractivity contribution in [2.45, 2.75) is 26.7 Å². The predicted octanol–water partition coefficient (Wildman–Crippen LogP) is 4.41. The maximum absolute atomic E-state index is 14.4. The number of ketones is 1. The van der Waals surface area contributed by atoms with Gasteiger partial charge in [0.1, 0.15) is 11.4 Å². The molecule has 1 aliphatic carbocycles. The van der Waals surface area contributed by atoms with Crippen molar-refractivity contribution in [3.05, 3.63) is 93.7 Å². The third kappa shape index (κ3) is 3.69. The monoisotopic (exact) mass is 418 g/mol. The van der Waals surface area contributed by atoms with Gasteiger partial charge in [-0.2, -0.15) is 0 Å². The molecule has 5 nitrogen and oxygen atoms in total. The molecule has 0 fully saturated rings. The minimum Gasteiger partial charge on any atom is -0.308 e. The molecule has 6 heteroatoms. The molecule has 0 spiro atoms. The number of Topliss-reactive ketones (excluding diaryl/α,β-unsaturated/α-hetero) is 1. The van der Waals surface area contributed by atoms with Crippen LogP contribution < -0.4 is 10.5 Å². The van der Waals surface area contributed by atoms with E-state index < -0.39 is 17.3 Å². The van der Waals surface area contributed by atoms with Crippen LogP contribution in [0.3, 0.4) is 0 Å². The fraction of sp³-hybridized carbons (Fsp3) is 0.240. The number of amides is 1. The zero-order valence-corrected chi connectivity index (χ0v) is 17.7. The van der Waals surface area contributed by atoms with Crippen LogP contribution in [-0.2, 0) is 6.42 Å². The largest absolute Gasteiger partial charge is 0.308 e. The van der Waals surface area contributed by atoms with Crippen LogP contribution in [0.4, 0.5) is 10.1 Å². The standard InChI is InChI=1S/C25H23FN2O3/c1-25(2)13-17-18(21(29)14-25)15-28(16-9-5-4-6-10-16)24(31)22(17)23(30)27(3)20-12-8-7-11-19(20)26/h4-12,15H,13-14H2,1-3H3. The Morgan fingerprint density at radius 2 is 1.65 bits per heavy atom. The van der Waals surface area contributed by atoms with Gasteiger partial charge >= 0.3 is 0 Å². The molecule has 0 atom stereocenters. The van der Waals surface area contributed by atoms with Crippen LogP contribution in [-0.4, -0.2) is 23.3 Å². The molecule has 0 radical (unpaired) electrons. The summed E-state index contributed by atoms with van der Waals surface area (Å²) >= 11 is 0. The Bertz CT molecular complexity index is 1250. The van der Waals surface area contributed by atoms with Crippen molar-refractivity contribution in [3.8, 4) is 5.69 Å². The second-order valence-corrected chi connectivity index (χ2v) is 8.66. The van der Waals surface area contributed by atoms with Crippen LogP contribution in [0.1, 0.15) is 46.5 Å². The molecule has 2 aromatic carbocycles. The van der Waals surface area contributed by atoms with Crippen molar-refractivity contribution < 1.29 is 14.0 Å². The van der Waals surface area contributed by atoms with Crippen molar-refractivity contribution >= 4 is 17.4 Å². The van der Waals surface area contributed by atoms with Gasteiger partial charge in [0.2, 0.25) is 0 Å². The summed E-state index contributed by atoms with van der Waals surface area (Å²) in [7, 11) is 1.43. The Balaban J connectivity index is 1.97. The maximum Gasteiger partial charge on any atom is 0.268 e. The SMILES string of the molecule is CN(C(=O)c1c2c(cn(-c3ccccc3)c1=O)C(=O)CC(C)(C)C2)c1ccccc1F. The number of carbonyl (C=O) groups is 2. The highest BCUT2D eigenvalue weighted by atomic mass is 19.1. The van der Waals surface area contributed by atoms with E-state index in [4.69, 9.17) is 0 Å². The van der Waals surface area contributed by atoms with E-state index in [1.165, 1.54) is 36.0 Å². The third-order valence-corrected chi connectivity index (χ3v) is 5.68. The summed E-state index contributed by atoms with van der Waals surface area (Å²) in [5, 5.41) is 0. The highest BCUT2D eigenvalue weighted by molar-refractivity contribution is 6.09. The molecule has 0 bridgehead atoms. The average molecular weight is 418 g/mol. The lowest BCUT2D eigenvalue weighted by Gasteiger charge is -2.32. The molecule has 0 aliphatic heterocycles. The Labute approximate surface area is 179 Å². The lowest BCUT2D eigenvalue weighted by Crippen LogP contribution is -2.40. The molecule has 0 unspecified atom stereocenters. The molecule has 4 rings (SSSR count). The Kier molecular flexibility index (Phi) is 5.09. The minimum absolute atomic E-state index is 0.0668. The molecule has 31 heavy (non-hydrogen) atoms. The zero-order valence-electron chi connectivity index (χ0n) is 17.7. The number of nitrogens with zero attached hydrogens (tertiary/aromatic N) is 2. The van der Waals surface area contributed by atoms with E-state index in [0.29, 0.717) is 29.7 Å². The number of anilines is 1. The van der Waals surface area contributed by atoms with Gasteiger partial charge in [-0.3, -0.25) is 19.0 Å². The number of aromatic nitrogens is 1. The van der Waals surface area contributed by atoms with Crippen molar-refractivity contribution in [2.24, 2.45) is 5.41 Å². The minimum atomic E-state index is -0.637. The number of carbonyl (C=O) groups excluding carboxylic acids is 2. The van der Waals surface area contributed by atoms with Gasteiger partial charge in [0.05, 0.1) is 5.69 Å². The molecule has 1 aromatic heterocycles. The average Bonchev–Trinajstić information content (AvgIpc) is 2.73.